The lowest BCUT2D eigenvalue weighted by atomic mass is 9.98. The van der Waals surface area contributed by atoms with E-state index in [1.807, 2.05) is 20.3 Å². The zero-order chi connectivity index (χ0) is 15.8. The Morgan fingerprint density at radius 2 is 2.26 bits per heavy atom. The Morgan fingerprint density at radius 3 is 2.91 bits per heavy atom. The minimum Gasteiger partial charge on any atom is -0.383 e. The van der Waals surface area contributed by atoms with Crippen molar-refractivity contribution in [3.63, 3.8) is 0 Å². The van der Waals surface area contributed by atoms with Gasteiger partial charge in [-0.1, -0.05) is 6.07 Å². The van der Waals surface area contributed by atoms with Gasteiger partial charge in [0, 0.05) is 40.0 Å². The van der Waals surface area contributed by atoms with Crippen molar-refractivity contribution in [3.05, 3.63) is 23.9 Å². The highest BCUT2D eigenvalue weighted by Gasteiger charge is 2.19. The lowest BCUT2D eigenvalue weighted by Gasteiger charge is -2.32. The van der Waals surface area contributed by atoms with E-state index in [1.54, 1.807) is 7.11 Å². The quantitative estimate of drug-likeness (QED) is 0.782. The number of hydrogen-bond donors (Lipinski definition) is 1. The molecule has 1 saturated heterocycles. The summed E-state index contributed by atoms with van der Waals surface area (Å²) in [4.78, 5) is 9.26. The zero-order valence-corrected chi connectivity index (χ0v) is 15.4. The van der Waals surface area contributed by atoms with Crippen molar-refractivity contribution in [1.82, 2.24) is 15.2 Å². The maximum absolute atomic E-state index is 5.11. The molecule has 2 heterocycles. The molecule has 1 fully saturated rings. The van der Waals surface area contributed by atoms with E-state index in [2.05, 4.69) is 32.2 Å². The number of hydrogen-bond acceptors (Lipinski definition) is 5. The molecule has 0 aliphatic carbocycles. The third-order valence-electron chi connectivity index (χ3n) is 4.33. The fraction of sp³-hybridized carbons (Fsp3) is 0.706. The molecule has 0 spiro atoms. The number of halogens is 1. The molecule has 2 rings (SSSR count). The molecule has 1 aromatic heterocycles. The van der Waals surface area contributed by atoms with Crippen LogP contribution in [0.25, 0.3) is 0 Å². The average Bonchev–Trinajstić information content (AvgIpc) is 2.54. The van der Waals surface area contributed by atoms with Gasteiger partial charge >= 0.3 is 0 Å². The fourth-order valence-electron chi connectivity index (χ4n) is 3.09. The number of ether oxygens (including phenoxy) is 1. The van der Waals surface area contributed by atoms with Crippen LogP contribution in [0, 0.1) is 5.92 Å². The average molecular weight is 343 g/mol. The molecule has 0 amide bonds. The van der Waals surface area contributed by atoms with Crippen LogP contribution in [0.4, 0.5) is 5.82 Å². The topological polar surface area (TPSA) is 40.6 Å². The Morgan fingerprint density at radius 1 is 1.43 bits per heavy atom. The second-order valence-corrected chi connectivity index (χ2v) is 6.24. The smallest absolute Gasteiger partial charge is 0.128 e. The number of likely N-dealkylation sites (N-methyl/N-ethyl adjacent to an activating group) is 1. The van der Waals surface area contributed by atoms with Crippen LogP contribution in [0.1, 0.15) is 18.4 Å². The minimum atomic E-state index is 0. The summed E-state index contributed by atoms with van der Waals surface area (Å²) < 4.78 is 5.11. The minimum absolute atomic E-state index is 0. The molecule has 1 atom stereocenters. The number of anilines is 1. The van der Waals surface area contributed by atoms with Crippen molar-refractivity contribution in [2.24, 2.45) is 5.92 Å². The van der Waals surface area contributed by atoms with Crippen molar-refractivity contribution in [3.8, 4) is 0 Å². The van der Waals surface area contributed by atoms with Crippen LogP contribution < -0.4 is 10.2 Å². The number of likely N-dealkylation sites (tertiary alicyclic amines) is 1. The van der Waals surface area contributed by atoms with Gasteiger partial charge < -0.3 is 15.0 Å². The van der Waals surface area contributed by atoms with Crippen molar-refractivity contribution in [1.29, 1.82) is 0 Å². The second-order valence-electron chi connectivity index (χ2n) is 6.24. The van der Waals surface area contributed by atoms with Gasteiger partial charge in [-0.25, -0.2) is 4.98 Å². The van der Waals surface area contributed by atoms with Crippen LogP contribution in [-0.4, -0.2) is 63.9 Å². The summed E-state index contributed by atoms with van der Waals surface area (Å²) in [6.45, 7) is 6.11. The first-order valence-electron chi connectivity index (χ1n) is 8.25. The molecule has 0 aromatic carbocycles. The summed E-state index contributed by atoms with van der Waals surface area (Å²) in [6.07, 6.45) is 4.66. The number of pyridine rings is 1. The van der Waals surface area contributed by atoms with Gasteiger partial charge in [-0.15, -0.1) is 12.4 Å². The van der Waals surface area contributed by atoms with Crippen LogP contribution in [-0.2, 0) is 11.3 Å². The van der Waals surface area contributed by atoms with E-state index in [4.69, 9.17) is 4.74 Å². The normalized spacial score (nSPS) is 18.5. The van der Waals surface area contributed by atoms with Gasteiger partial charge in [0.25, 0.3) is 0 Å². The van der Waals surface area contributed by atoms with Crippen LogP contribution in [0.2, 0.25) is 0 Å². The maximum Gasteiger partial charge on any atom is 0.128 e. The van der Waals surface area contributed by atoms with Crippen molar-refractivity contribution >= 4 is 18.2 Å². The number of rotatable bonds is 8. The zero-order valence-electron chi connectivity index (χ0n) is 14.6. The van der Waals surface area contributed by atoms with Gasteiger partial charge in [0.1, 0.15) is 5.82 Å². The molecule has 1 N–H and O–H groups in total. The van der Waals surface area contributed by atoms with Crippen LogP contribution >= 0.6 is 12.4 Å². The van der Waals surface area contributed by atoms with Crippen molar-refractivity contribution in [2.45, 2.75) is 19.4 Å². The van der Waals surface area contributed by atoms with Gasteiger partial charge in [0.05, 0.1) is 6.61 Å². The Hall–Kier alpha value is -0.880. The largest absolute Gasteiger partial charge is 0.383 e. The summed E-state index contributed by atoms with van der Waals surface area (Å²) in [5.74, 6) is 1.79. The van der Waals surface area contributed by atoms with Gasteiger partial charge in [0.15, 0.2) is 0 Å². The first-order valence-corrected chi connectivity index (χ1v) is 8.25. The van der Waals surface area contributed by atoms with Gasteiger partial charge in [-0.3, -0.25) is 4.90 Å². The number of aromatic nitrogens is 1. The molecule has 5 nitrogen and oxygen atoms in total. The highest BCUT2D eigenvalue weighted by atomic mass is 35.5. The molecule has 1 aliphatic heterocycles. The van der Waals surface area contributed by atoms with E-state index in [0.29, 0.717) is 0 Å². The Kier molecular flexibility index (Phi) is 9.48. The second kappa shape index (κ2) is 10.8. The lowest BCUT2D eigenvalue weighted by Crippen LogP contribution is -2.38. The molecular weight excluding hydrogens is 312 g/mol. The molecule has 1 aliphatic rings. The van der Waals surface area contributed by atoms with Gasteiger partial charge in [0.2, 0.25) is 0 Å². The third-order valence-corrected chi connectivity index (χ3v) is 4.33. The molecule has 132 valence electrons. The van der Waals surface area contributed by atoms with Gasteiger partial charge in [-0.05, 0) is 50.5 Å². The van der Waals surface area contributed by atoms with E-state index in [0.717, 1.165) is 38.0 Å². The lowest BCUT2D eigenvalue weighted by molar-refractivity contribution is 0.166. The fourth-order valence-corrected chi connectivity index (χ4v) is 3.09. The molecule has 0 bridgehead atoms. The number of nitrogens with one attached hydrogen (secondary N) is 1. The molecule has 1 unspecified atom stereocenters. The summed E-state index contributed by atoms with van der Waals surface area (Å²) in [6, 6.07) is 4.31. The first-order chi connectivity index (χ1) is 10.7. The number of piperidine rings is 1. The Labute approximate surface area is 146 Å². The van der Waals surface area contributed by atoms with Crippen molar-refractivity contribution < 1.29 is 4.74 Å². The monoisotopic (exact) mass is 342 g/mol. The standard InChI is InChI=1S/C17H30N4O.ClH/c1-18-11-15-5-4-8-21(13-15)14-16-6-7-17(19-12-16)20(2)9-10-22-3;/h6-7,12,15,18H,4-5,8-11,13-14H2,1-3H3;1H. The molecule has 0 radical (unpaired) electrons. The first kappa shape index (κ1) is 20.2. The van der Waals surface area contributed by atoms with Gasteiger partial charge in [-0.2, -0.15) is 0 Å². The summed E-state index contributed by atoms with van der Waals surface area (Å²) >= 11 is 0. The predicted molar refractivity (Wildman–Crippen MR) is 98.6 cm³/mol. The third kappa shape index (κ3) is 6.63. The van der Waals surface area contributed by atoms with E-state index in [1.165, 1.54) is 31.5 Å². The Balaban J connectivity index is 0.00000264. The van der Waals surface area contributed by atoms with E-state index in [9.17, 15) is 0 Å². The molecular formula is C17H31ClN4O. The van der Waals surface area contributed by atoms with Crippen LogP contribution in [0.5, 0.6) is 0 Å². The van der Waals surface area contributed by atoms with Crippen LogP contribution in [0.3, 0.4) is 0 Å². The predicted octanol–water partition coefficient (Wildman–Crippen LogP) is 2.02. The number of nitrogens with zero attached hydrogens (tertiary/aromatic N) is 3. The summed E-state index contributed by atoms with van der Waals surface area (Å²) in [5.41, 5.74) is 1.30. The highest BCUT2D eigenvalue weighted by Crippen LogP contribution is 2.18. The van der Waals surface area contributed by atoms with E-state index >= 15 is 0 Å². The molecule has 0 saturated carbocycles. The molecule has 1 aromatic rings. The molecule has 6 heteroatoms. The SMILES string of the molecule is CNCC1CCCN(Cc2ccc(N(C)CCOC)nc2)C1.Cl. The summed E-state index contributed by atoms with van der Waals surface area (Å²) in [5, 5.41) is 3.30. The van der Waals surface area contributed by atoms with Crippen molar-refractivity contribution in [2.75, 3.05) is 58.9 Å². The van der Waals surface area contributed by atoms with Crippen LogP contribution in [0.15, 0.2) is 18.3 Å². The van der Waals surface area contributed by atoms with E-state index in [-0.39, 0.29) is 12.4 Å². The Bertz CT molecular complexity index is 427. The maximum atomic E-state index is 5.11. The summed E-state index contributed by atoms with van der Waals surface area (Å²) in [7, 11) is 5.82. The number of methoxy groups -OCH3 is 1. The molecule has 23 heavy (non-hydrogen) atoms. The highest BCUT2D eigenvalue weighted by molar-refractivity contribution is 5.85. The van der Waals surface area contributed by atoms with E-state index < -0.39 is 0 Å².